The maximum absolute atomic E-state index is 14.6. The van der Waals surface area contributed by atoms with Gasteiger partial charge in [0.2, 0.25) is 0 Å². The quantitative estimate of drug-likeness (QED) is 0.473. The summed E-state index contributed by atoms with van der Waals surface area (Å²) in [7, 11) is 0. The molecule has 0 bridgehead atoms. The summed E-state index contributed by atoms with van der Waals surface area (Å²) in [6.45, 7) is 5.73. The SMILES string of the molecule is CC/C=C(F)\C(C#N)=C(/C)c1cc2c(n(C3=CCCN=C3)c1=O)COC(C)/C=C(/F)C=NC2. The van der Waals surface area contributed by atoms with E-state index < -0.39 is 23.3 Å². The highest BCUT2D eigenvalue weighted by molar-refractivity contribution is 6.03. The molecule has 3 heterocycles. The number of rotatable bonds is 4. The first-order chi connectivity index (χ1) is 15.9. The third-order valence-corrected chi connectivity index (χ3v) is 5.35. The third-order valence-electron chi connectivity index (χ3n) is 5.35. The molecule has 6 nitrogen and oxygen atoms in total. The van der Waals surface area contributed by atoms with Gasteiger partial charge < -0.3 is 4.74 Å². The van der Waals surface area contributed by atoms with Crippen LogP contribution in [-0.2, 0) is 17.9 Å². The van der Waals surface area contributed by atoms with Gasteiger partial charge in [0.1, 0.15) is 17.7 Å². The Balaban J connectivity index is 2.32. The summed E-state index contributed by atoms with van der Waals surface area (Å²) < 4.78 is 35.8. The summed E-state index contributed by atoms with van der Waals surface area (Å²) >= 11 is 0. The maximum Gasteiger partial charge on any atom is 0.263 e. The normalized spacial score (nSPS) is 21.3. The minimum atomic E-state index is -0.677. The lowest BCUT2D eigenvalue weighted by atomic mass is 9.98. The molecule has 1 unspecified atom stereocenters. The Morgan fingerprint density at radius 1 is 1.39 bits per heavy atom. The molecule has 0 radical (unpaired) electrons. The molecule has 33 heavy (non-hydrogen) atoms. The zero-order valence-corrected chi connectivity index (χ0v) is 18.9. The van der Waals surface area contributed by atoms with Crippen LogP contribution in [0.15, 0.2) is 56.3 Å². The van der Waals surface area contributed by atoms with Crippen LogP contribution in [0.5, 0.6) is 0 Å². The number of nitriles is 1. The third kappa shape index (κ3) is 5.49. The van der Waals surface area contributed by atoms with Crippen molar-refractivity contribution in [2.24, 2.45) is 9.98 Å². The molecule has 0 saturated heterocycles. The molecule has 3 rings (SSSR count). The van der Waals surface area contributed by atoms with Crippen LogP contribution in [-0.4, -0.2) is 29.6 Å². The lowest BCUT2D eigenvalue weighted by molar-refractivity contribution is 0.0790. The first-order valence-corrected chi connectivity index (χ1v) is 10.8. The van der Waals surface area contributed by atoms with Gasteiger partial charge in [-0.3, -0.25) is 19.3 Å². The molecule has 1 atom stereocenters. The lowest BCUT2D eigenvalue weighted by Crippen LogP contribution is -2.29. The summed E-state index contributed by atoms with van der Waals surface area (Å²) in [5.74, 6) is -1.19. The fourth-order valence-corrected chi connectivity index (χ4v) is 3.68. The number of dihydropyridines is 1. The Labute approximate surface area is 191 Å². The molecule has 0 amide bonds. The maximum atomic E-state index is 14.6. The van der Waals surface area contributed by atoms with Crippen molar-refractivity contribution in [2.45, 2.75) is 52.9 Å². The van der Waals surface area contributed by atoms with Gasteiger partial charge in [0.05, 0.1) is 42.4 Å². The van der Waals surface area contributed by atoms with Crippen molar-refractivity contribution in [3.8, 4) is 6.07 Å². The van der Waals surface area contributed by atoms with Crippen molar-refractivity contribution >= 4 is 23.7 Å². The second kappa shape index (κ2) is 10.9. The Morgan fingerprint density at radius 3 is 2.85 bits per heavy atom. The number of hydrogen-bond donors (Lipinski definition) is 0. The predicted molar refractivity (Wildman–Crippen MR) is 126 cm³/mol. The Bertz CT molecular complexity index is 1210. The van der Waals surface area contributed by atoms with Crippen LogP contribution in [0.25, 0.3) is 11.3 Å². The van der Waals surface area contributed by atoms with E-state index in [1.165, 1.54) is 16.7 Å². The molecule has 0 spiro atoms. The average Bonchev–Trinajstić information content (AvgIpc) is 2.79. The summed E-state index contributed by atoms with van der Waals surface area (Å²) in [5.41, 5.74) is 1.50. The number of fused-ring (bicyclic) bond motifs is 1. The van der Waals surface area contributed by atoms with Gasteiger partial charge in [-0.25, -0.2) is 8.78 Å². The lowest BCUT2D eigenvalue weighted by Gasteiger charge is -2.22. The van der Waals surface area contributed by atoms with Crippen LogP contribution < -0.4 is 5.56 Å². The van der Waals surface area contributed by atoms with Crippen molar-refractivity contribution in [1.29, 1.82) is 5.26 Å². The van der Waals surface area contributed by atoms with E-state index in [1.54, 1.807) is 33.1 Å². The van der Waals surface area contributed by atoms with Crippen LogP contribution in [0.4, 0.5) is 8.78 Å². The molecule has 0 aliphatic carbocycles. The fourth-order valence-electron chi connectivity index (χ4n) is 3.68. The molecule has 1 aromatic rings. The minimum Gasteiger partial charge on any atom is -0.368 e. The van der Waals surface area contributed by atoms with Gasteiger partial charge in [-0.05, 0) is 56.0 Å². The summed E-state index contributed by atoms with van der Waals surface area (Å²) in [5, 5.41) is 9.59. The zero-order chi connectivity index (χ0) is 24.0. The smallest absolute Gasteiger partial charge is 0.263 e. The largest absolute Gasteiger partial charge is 0.368 e. The topological polar surface area (TPSA) is 79.7 Å². The van der Waals surface area contributed by atoms with E-state index in [0.717, 1.165) is 6.21 Å². The molecular formula is C25H26F2N4O2. The molecule has 0 fully saturated rings. The number of aliphatic imine (C=N–C) groups is 2. The Kier molecular flexibility index (Phi) is 8.01. The first kappa shape index (κ1) is 24.2. The van der Waals surface area contributed by atoms with E-state index >= 15 is 0 Å². The molecule has 0 N–H and O–H groups in total. The number of ether oxygens (including phenoxy) is 1. The van der Waals surface area contributed by atoms with Crippen LogP contribution in [0.3, 0.4) is 0 Å². The van der Waals surface area contributed by atoms with Gasteiger partial charge in [0.15, 0.2) is 0 Å². The van der Waals surface area contributed by atoms with Gasteiger partial charge >= 0.3 is 0 Å². The van der Waals surface area contributed by atoms with Crippen molar-refractivity contribution in [3.63, 3.8) is 0 Å². The molecule has 2 aliphatic rings. The van der Waals surface area contributed by atoms with Crippen LogP contribution in [0.2, 0.25) is 0 Å². The zero-order valence-electron chi connectivity index (χ0n) is 18.9. The Hall–Kier alpha value is -3.44. The number of nitrogens with zero attached hydrogens (tertiary/aromatic N) is 4. The van der Waals surface area contributed by atoms with Gasteiger partial charge in [-0.1, -0.05) is 13.0 Å². The number of halogens is 2. The second-order valence-electron chi connectivity index (χ2n) is 7.73. The fraction of sp³-hybridized carbons (Fsp3) is 0.360. The van der Waals surface area contributed by atoms with Crippen molar-refractivity contribution in [3.05, 3.63) is 68.7 Å². The highest BCUT2D eigenvalue weighted by Gasteiger charge is 2.22. The molecule has 2 aliphatic heterocycles. The molecule has 172 valence electrons. The second-order valence-corrected chi connectivity index (χ2v) is 7.73. The Morgan fingerprint density at radius 2 is 2.18 bits per heavy atom. The standard InChI is InChI=1S/C25H26F2N4O2/c1-4-6-23(27)22(11-28)17(3)21-10-18-12-30-13-19(26)9-16(2)33-15-24(18)31(25(21)32)20-7-5-8-29-14-20/h6-7,9-10,13-14,16H,4-5,8,12,15H2,1-3H3/b19-9+,22-17+,23-6+,30-13?. The van der Waals surface area contributed by atoms with E-state index in [0.29, 0.717) is 36.3 Å². The molecule has 8 heteroatoms. The molecule has 1 aromatic heterocycles. The van der Waals surface area contributed by atoms with E-state index in [1.807, 2.05) is 12.1 Å². The molecule has 0 saturated carbocycles. The molecular weight excluding hydrogens is 426 g/mol. The summed E-state index contributed by atoms with van der Waals surface area (Å²) in [6.07, 6.45) is 7.75. The number of aromatic nitrogens is 1. The summed E-state index contributed by atoms with van der Waals surface area (Å²) in [4.78, 5) is 22.1. The predicted octanol–water partition coefficient (Wildman–Crippen LogP) is 5.07. The highest BCUT2D eigenvalue weighted by atomic mass is 19.1. The van der Waals surface area contributed by atoms with E-state index in [2.05, 4.69) is 9.98 Å². The summed E-state index contributed by atoms with van der Waals surface area (Å²) in [6, 6.07) is 3.47. The van der Waals surface area contributed by atoms with Gasteiger partial charge in [-0.2, -0.15) is 5.26 Å². The van der Waals surface area contributed by atoms with Gasteiger partial charge in [0, 0.05) is 18.3 Å². The minimum absolute atomic E-state index is 0.0362. The van der Waals surface area contributed by atoms with Crippen molar-refractivity contribution < 1.29 is 13.5 Å². The van der Waals surface area contributed by atoms with Crippen LogP contribution in [0.1, 0.15) is 50.4 Å². The van der Waals surface area contributed by atoms with Crippen molar-refractivity contribution in [2.75, 3.05) is 6.54 Å². The highest BCUT2D eigenvalue weighted by Crippen LogP contribution is 2.26. The molecule has 0 aromatic carbocycles. The van der Waals surface area contributed by atoms with Gasteiger partial charge in [-0.15, -0.1) is 0 Å². The van der Waals surface area contributed by atoms with Gasteiger partial charge in [0.25, 0.3) is 5.56 Å². The van der Waals surface area contributed by atoms with Crippen LogP contribution in [0, 0.1) is 11.3 Å². The average molecular weight is 453 g/mol. The van der Waals surface area contributed by atoms with E-state index in [9.17, 15) is 18.8 Å². The van der Waals surface area contributed by atoms with E-state index in [-0.39, 0.29) is 29.9 Å². The van der Waals surface area contributed by atoms with Crippen molar-refractivity contribution in [1.82, 2.24) is 4.57 Å². The number of pyridine rings is 1. The number of hydrogen-bond acceptors (Lipinski definition) is 5. The van der Waals surface area contributed by atoms with Crippen LogP contribution >= 0.6 is 0 Å². The number of allylic oxidation sites excluding steroid dienone is 6. The van der Waals surface area contributed by atoms with E-state index in [4.69, 9.17) is 4.74 Å². The monoisotopic (exact) mass is 452 g/mol. The first-order valence-electron chi connectivity index (χ1n) is 10.8.